The number of esters is 1. The Morgan fingerprint density at radius 3 is 2.53 bits per heavy atom. The zero-order chi connectivity index (χ0) is 10.8. The summed E-state index contributed by atoms with van der Waals surface area (Å²) in [6.07, 6.45) is 5.05. The van der Waals surface area contributed by atoms with Crippen molar-refractivity contribution in [2.45, 2.75) is 26.4 Å². The highest BCUT2D eigenvalue weighted by molar-refractivity contribution is 14.0. The predicted octanol–water partition coefficient (Wildman–Crippen LogP) is 1.58. The molecule has 2 N–H and O–H groups in total. The molecule has 0 saturated carbocycles. The first-order valence-corrected chi connectivity index (χ1v) is 4.51. The van der Waals surface area contributed by atoms with Crippen molar-refractivity contribution in [3.8, 4) is 0 Å². The molecule has 1 aliphatic rings. The van der Waals surface area contributed by atoms with Gasteiger partial charge >= 0.3 is 5.97 Å². The standard InChI is InChI=1S/C10H16N2O2.HI/c1-10(2,3)14-9(13)8-4-6-12(11)7-5-8;/h4-6H,7,11H2,1-3H3;1H. The van der Waals surface area contributed by atoms with Crippen molar-refractivity contribution < 1.29 is 9.53 Å². The van der Waals surface area contributed by atoms with Crippen molar-refractivity contribution in [2.24, 2.45) is 5.84 Å². The molecule has 0 unspecified atom stereocenters. The number of nitrogens with two attached hydrogens (primary N) is 1. The fraction of sp³-hybridized carbons (Fsp3) is 0.500. The van der Waals surface area contributed by atoms with E-state index in [1.807, 2.05) is 20.8 Å². The van der Waals surface area contributed by atoms with Crippen molar-refractivity contribution in [2.75, 3.05) is 6.54 Å². The highest BCUT2D eigenvalue weighted by atomic mass is 127. The number of carbonyl (C=O) groups excluding carboxylic acids is 1. The number of carbonyl (C=O) groups is 1. The van der Waals surface area contributed by atoms with Gasteiger partial charge in [-0.25, -0.2) is 10.6 Å². The van der Waals surface area contributed by atoms with Crippen LogP contribution in [0.2, 0.25) is 0 Å². The van der Waals surface area contributed by atoms with Gasteiger partial charge in [0.25, 0.3) is 0 Å². The lowest BCUT2D eigenvalue weighted by Gasteiger charge is -2.21. The molecule has 1 heterocycles. The maximum atomic E-state index is 11.5. The van der Waals surface area contributed by atoms with Crippen LogP contribution in [0.5, 0.6) is 0 Å². The largest absolute Gasteiger partial charge is 0.456 e. The molecule has 0 amide bonds. The third-order valence-corrected chi connectivity index (χ3v) is 1.60. The topological polar surface area (TPSA) is 55.6 Å². The molecular weight excluding hydrogens is 307 g/mol. The SMILES string of the molecule is CC(C)(C)OC(=O)C1=CCN(N)C=C1.I. The van der Waals surface area contributed by atoms with Crippen LogP contribution in [0.4, 0.5) is 0 Å². The number of nitrogens with zero attached hydrogens (tertiary/aromatic N) is 1. The van der Waals surface area contributed by atoms with Crippen molar-refractivity contribution in [3.05, 3.63) is 23.9 Å². The smallest absolute Gasteiger partial charge is 0.338 e. The second-order valence-electron chi connectivity index (χ2n) is 4.17. The number of ether oxygens (including phenoxy) is 1. The molecule has 0 atom stereocenters. The second kappa shape index (κ2) is 5.50. The van der Waals surface area contributed by atoms with E-state index in [0.29, 0.717) is 12.1 Å². The Bertz CT molecular complexity index is 292. The molecule has 0 aliphatic carbocycles. The monoisotopic (exact) mass is 324 g/mol. The lowest BCUT2D eigenvalue weighted by molar-refractivity contribution is -0.149. The van der Waals surface area contributed by atoms with E-state index in [1.54, 1.807) is 18.4 Å². The summed E-state index contributed by atoms with van der Waals surface area (Å²) in [5, 5.41) is 1.49. The molecule has 86 valence electrons. The van der Waals surface area contributed by atoms with Gasteiger partial charge in [0, 0.05) is 6.20 Å². The predicted molar refractivity (Wildman–Crippen MR) is 69.4 cm³/mol. The number of rotatable bonds is 1. The third-order valence-electron chi connectivity index (χ3n) is 1.60. The molecule has 0 spiro atoms. The Hall–Kier alpha value is -0.560. The van der Waals surface area contributed by atoms with Gasteiger partial charge in [-0.2, -0.15) is 0 Å². The van der Waals surface area contributed by atoms with Crippen LogP contribution in [0.1, 0.15) is 20.8 Å². The van der Waals surface area contributed by atoms with Gasteiger partial charge < -0.3 is 9.75 Å². The van der Waals surface area contributed by atoms with E-state index in [0.717, 1.165) is 0 Å². The lowest BCUT2D eigenvalue weighted by atomic mass is 10.1. The summed E-state index contributed by atoms with van der Waals surface area (Å²) in [7, 11) is 0. The van der Waals surface area contributed by atoms with Crippen LogP contribution in [-0.2, 0) is 9.53 Å². The minimum atomic E-state index is -0.453. The maximum Gasteiger partial charge on any atom is 0.338 e. The summed E-state index contributed by atoms with van der Waals surface area (Å²) in [6, 6.07) is 0. The van der Waals surface area contributed by atoms with Crippen molar-refractivity contribution in [1.29, 1.82) is 0 Å². The molecule has 0 saturated heterocycles. The molecule has 1 rings (SSSR count). The number of hydrogen-bond acceptors (Lipinski definition) is 4. The van der Waals surface area contributed by atoms with Crippen LogP contribution in [0.3, 0.4) is 0 Å². The lowest BCUT2D eigenvalue weighted by Crippen LogP contribution is -2.29. The molecule has 0 fully saturated rings. The summed E-state index contributed by atoms with van der Waals surface area (Å²) in [6.45, 7) is 6.05. The highest BCUT2D eigenvalue weighted by Gasteiger charge is 2.19. The molecule has 0 aromatic rings. The van der Waals surface area contributed by atoms with E-state index >= 15 is 0 Å². The Morgan fingerprint density at radius 1 is 1.53 bits per heavy atom. The van der Waals surface area contributed by atoms with Gasteiger partial charge in [0.05, 0.1) is 12.1 Å². The molecule has 0 aromatic heterocycles. The average Bonchev–Trinajstić information content (AvgIpc) is 2.02. The summed E-state index contributed by atoms with van der Waals surface area (Å²) in [5.41, 5.74) is 0.104. The molecule has 4 nitrogen and oxygen atoms in total. The van der Waals surface area contributed by atoms with Crippen LogP contribution in [-0.4, -0.2) is 23.1 Å². The van der Waals surface area contributed by atoms with Crippen molar-refractivity contribution in [3.63, 3.8) is 0 Å². The molecule has 0 bridgehead atoms. The third kappa shape index (κ3) is 5.17. The highest BCUT2D eigenvalue weighted by Crippen LogP contribution is 2.13. The van der Waals surface area contributed by atoms with Crippen LogP contribution in [0.25, 0.3) is 0 Å². The minimum Gasteiger partial charge on any atom is -0.456 e. The van der Waals surface area contributed by atoms with Crippen LogP contribution in [0.15, 0.2) is 23.9 Å². The Kier molecular flexibility index (Phi) is 5.30. The molecule has 0 radical (unpaired) electrons. The normalized spacial score (nSPS) is 15.5. The number of hydrogen-bond donors (Lipinski definition) is 1. The summed E-state index contributed by atoms with van der Waals surface area (Å²) < 4.78 is 5.19. The fourth-order valence-corrected chi connectivity index (χ4v) is 0.997. The van der Waals surface area contributed by atoms with Gasteiger partial charge in [0.1, 0.15) is 5.60 Å². The van der Waals surface area contributed by atoms with E-state index < -0.39 is 5.60 Å². The Morgan fingerprint density at radius 2 is 2.13 bits per heavy atom. The molecule has 5 heteroatoms. The Balaban J connectivity index is 0.00000196. The van der Waals surface area contributed by atoms with Gasteiger partial charge in [-0.1, -0.05) is 0 Å². The van der Waals surface area contributed by atoms with Crippen LogP contribution < -0.4 is 5.84 Å². The molecule has 1 aliphatic heterocycles. The first-order chi connectivity index (χ1) is 6.38. The van der Waals surface area contributed by atoms with Crippen molar-refractivity contribution >= 4 is 29.9 Å². The first-order valence-electron chi connectivity index (χ1n) is 4.51. The van der Waals surface area contributed by atoms with Gasteiger partial charge in [-0.05, 0) is 32.9 Å². The maximum absolute atomic E-state index is 11.5. The van der Waals surface area contributed by atoms with E-state index in [1.165, 1.54) is 5.01 Å². The van der Waals surface area contributed by atoms with E-state index in [2.05, 4.69) is 0 Å². The van der Waals surface area contributed by atoms with Crippen molar-refractivity contribution in [1.82, 2.24) is 5.01 Å². The molecular formula is C10H17IN2O2. The van der Waals surface area contributed by atoms with Crippen LogP contribution in [0, 0.1) is 0 Å². The first kappa shape index (κ1) is 14.4. The second-order valence-corrected chi connectivity index (χ2v) is 4.17. The molecule has 0 aromatic carbocycles. The van der Waals surface area contributed by atoms with Gasteiger partial charge in [-0.3, -0.25) is 0 Å². The van der Waals surface area contributed by atoms with E-state index in [-0.39, 0.29) is 29.9 Å². The zero-order valence-corrected chi connectivity index (χ0v) is 11.5. The summed E-state index contributed by atoms with van der Waals surface area (Å²) >= 11 is 0. The van der Waals surface area contributed by atoms with Gasteiger partial charge in [0.15, 0.2) is 0 Å². The minimum absolute atomic E-state index is 0. The molecule has 15 heavy (non-hydrogen) atoms. The number of hydrazine groups is 1. The summed E-state index contributed by atoms with van der Waals surface area (Å²) in [4.78, 5) is 11.5. The average molecular weight is 324 g/mol. The fourth-order valence-electron chi connectivity index (χ4n) is 0.997. The summed E-state index contributed by atoms with van der Waals surface area (Å²) in [5.74, 6) is 5.17. The van der Waals surface area contributed by atoms with Gasteiger partial charge in [-0.15, -0.1) is 24.0 Å². The zero-order valence-electron chi connectivity index (χ0n) is 9.19. The van der Waals surface area contributed by atoms with E-state index in [4.69, 9.17) is 10.6 Å². The quantitative estimate of drug-likeness (QED) is 0.452. The Labute approximate surface area is 107 Å². The van der Waals surface area contributed by atoms with Crippen LogP contribution >= 0.6 is 24.0 Å². The van der Waals surface area contributed by atoms with E-state index in [9.17, 15) is 4.79 Å². The van der Waals surface area contributed by atoms with Gasteiger partial charge in [0.2, 0.25) is 0 Å². The number of halogens is 1.